The second kappa shape index (κ2) is 12.5. The summed E-state index contributed by atoms with van der Waals surface area (Å²) in [6, 6.07) is 31.8. The van der Waals surface area contributed by atoms with Gasteiger partial charge in [0.15, 0.2) is 0 Å². The fourth-order valence-electron chi connectivity index (χ4n) is 4.58. The Labute approximate surface area is 222 Å². The highest BCUT2D eigenvalue weighted by Crippen LogP contribution is 2.41. The summed E-state index contributed by atoms with van der Waals surface area (Å²) in [5.41, 5.74) is 10.2. The Morgan fingerprint density at radius 1 is 0.737 bits per heavy atom. The summed E-state index contributed by atoms with van der Waals surface area (Å²) in [7, 11) is 0. The van der Waals surface area contributed by atoms with Crippen molar-refractivity contribution in [2.45, 2.75) is 44.2 Å². The first-order valence-electron chi connectivity index (χ1n) is 12.6. The first kappa shape index (κ1) is 25.7. The first-order valence-corrected chi connectivity index (χ1v) is 12.6. The monoisotopic (exact) mass is 510 g/mol. The van der Waals surface area contributed by atoms with Crippen LogP contribution in [-0.2, 0) is 38.8 Å². The van der Waals surface area contributed by atoms with E-state index in [2.05, 4.69) is 0 Å². The number of nitrogens with zero attached hydrogens (tertiary/aromatic N) is 1. The summed E-state index contributed by atoms with van der Waals surface area (Å²) in [6.07, 6.45) is -0.544. The van der Waals surface area contributed by atoms with E-state index >= 15 is 0 Å². The van der Waals surface area contributed by atoms with Gasteiger partial charge in [-0.05, 0) is 16.7 Å². The predicted octanol–water partition coefficient (Wildman–Crippen LogP) is 5.56. The van der Waals surface area contributed by atoms with Crippen molar-refractivity contribution < 1.29 is 23.4 Å². The molecule has 2 N–H and O–H groups in total. The molecular weight excluding hydrogens is 480 g/mol. The first-order chi connectivity index (χ1) is 18.7. The standard InChI is InChI=1S/C31H30N2O5/c32-16-26-28(33)25(20-35-26)29-31(37-19-24-14-8-3-9-15-24)30(36-18-23-12-6-2-7-13-23)27(38-29)21-34-17-22-10-4-1-5-11-22/h1-15,20,27,29-31H,17-19,21,33H2. The van der Waals surface area contributed by atoms with Crippen LogP contribution in [0.2, 0.25) is 0 Å². The van der Waals surface area contributed by atoms with E-state index in [4.69, 9.17) is 29.1 Å². The number of hydrogen-bond acceptors (Lipinski definition) is 7. The van der Waals surface area contributed by atoms with Gasteiger partial charge in [-0.3, -0.25) is 0 Å². The molecule has 3 aromatic carbocycles. The molecule has 1 fully saturated rings. The lowest BCUT2D eigenvalue weighted by Gasteiger charge is -2.25. The summed E-state index contributed by atoms with van der Waals surface area (Å²) < 4.78 is 30.9. The zero-order valence-corrected chi connectivity index (χ0v) is 20.9. The topological polar surface area (TPSA) is 99.9 Å². The van der Waals surface area contributed by atoms with Gasteiger partial charge in [-0.1, -0.05) is 91.0 Å². The average Bonchev–Trinajstić information content (AvgIpc) is 3.51. The predicted molar refractivity (Wildman–Crippen MR) is 142 cm³/mol. The third-order valence-corrected chi connectivity index (χ3v) is 6.54. The largest absolute Gasteiger partial charge is 0.451 e. The van der Waals surface area contributed by atoms with Crippen LogP contribution in [0.15, 0.2) is 102 Å². The van der Waals surface area contributed by atoms with Gasteiger partial charge in [-0.15, -0.1) is 0 Å². The summed E-state index contributed by atoms with van der Waals surface area (Å²) in [5, 5.41) is 9.39. The summed E-state index contributed by atoms with van der Waals surface area (Å²) in [4.78, 5) is 0. The Hall–Kier alpha value is -3.93. The van der Waals surface area contributed by atoms with Crippen molar-refractivity contribution in [2.75, 3.05) is 12.3 Å². The minimum atomic E-state index is -0.601. The second-order valence-electron chi connectivity index (χ2n) is 9.16. The number of nitrogens with two attached hydrogens (primary N) is 1. The smallest absolute Gasteiger partial charge is 0.226 e. The van der Waals surface area contributed by atoms with Gasteiger partial charge in [0, 0.05) is 5.56 Å². The van der Waals surface area contributed by atoms with Crippen molar-refractivity contribution >= 4 is 5.69 Å². The van der Waals surface area contributed by atoms with Crippen LogP contribution in [0.1, 0.15) is 34.1 Å². The molecule has 1 aliphatic heterocycles. The summed E-state index contributed by atoms with van der Waals surface area (Å²) in [6.45, 7) is 1.47. The van der Waals surface area contributed by atoms with Crippen LogP contribution < -0.4 is 5.73 Å². The molecule has 0 radical (unpaired) electrons. The van der Waals surface area contributed by atoms with Crippen LogP contribution in [-0.4, -0.2) is 24.9 Å². The maximum atomic E-state index is 9.39. The Morgan fingerprint density at radius 3 is 1.79 bits per heavy atom. The maximum Gasteiger partial charge on any atom is 0.226 e. The van der Waals surface area contributed by atoms with Crippen LogP contribution in [0, 0.1) is 11.3 Å². The Bertz CT molecular complexity index is 1320. The van der Waals surface area contributed by atoms with Gasteiger partial charge < -0.3 is 29.1 Å². The fraction of sp³-hybridized carbons (Fsp3) is 0.258. The van der Waals surface area contributed by atoms with Gasteiger partial charge in [0.25, 0.3) is 0 Å². The third-order valence-electron chi connectivity index (χ3n) is 6.54. The molecule has 4 atom stereocenters. The fourth-order valence-corrected chi connectivity index (χ4v) is 4.58. The highest BCUT2D eigenvalue weighted by atomic mass is 16.6. The van der Waals surface area contributed by atoms with Crippen molar-refractivity contribution in [3.63, 3.8) is 0 Å². The van der Waals surface area contributed by atoms with Crippen molar-refractivity contribution in [1.29, 1.82) is 5.26 Å². The molecule has 0 amide bonds. The van der Waals surface area contributed by atoms with Crippen molar-refractivity contribution in [3.8, 4) is 6.07 Å². The Morgan fingerprint density at radius 2 is 1.26 bits per heavy atom. The normalized spacial score (nSPS) is 20.8. The lowest BCUT2D eigenvalue weighted by molar-refractivity contribution is -0.0898. The summed E-state index contributed by atoms with van der Waals surface area (Å²) in [5.74, 6) is 0.0518. The number of rotatable bonds is 11. The number of furan rings is 1. The van der Waals surface area contributed by atoms with E-state index in [1.54, 1.807) is 0 Å². The Kier molecular flexibility index (Phi) is 8.49. The molecule has 1 aromatic heterocycles. The van der Waals surface area contributed by atoms with E-state index in [1.165, 1.54) is 6.26 Å². The summed E-state index contributed by atoms with van der Waals surface area (Å²) >= 11 is 0. The highest BCUT2D eigenvalue weighted by Gasteiger charge is 2.48. The molecule has 0 bridgehead atoms. The van der Waals surface area contributed by atoms with Crippen LogP contribution in [0.4, 0.5) is 5.69 Å². The van der Waals surface area contributed by atoms with Gasteiger partial charge in [0.1, 0.15) is 36.7 Å². The lowest BCUT2D eigenvalue weighted by Crippen LogP contribution is -2.37. The molecule has 1 aliphatic rings. The minimum Gasteiger partial charge on any atom is -0.451 e. The molecule has 4 unspecified atom stereocenters. The van der Waals surface area contributed by atoms with E-state index < -0.39 is 24.4 Å². The number of benzene rings is 3. The van der Waals surface area contributed by atoms with Crippen LogP contribution in [0.3, 0.4) is 0 Å². The van der Waals surface area contributed by atoms with Gasteiger partial charge in [-0.2, -0.15) is 5.26 Å². The van der Waals surface area contributed by atoms with E-state index in [9.17, 15) is 5.26 Å². The van der Waals surface area contributed by atoms with Crippen molar-refractivity contribution in [1.82, 2.24) is 0 Å². The van der Waals surface area contributed by atoms with E-state index in [0.717, 1.165) is 16.7 Å². The molecular formula is C31H30N2O5. The minimum absolute atomic E-state index is 0.0518. The molecule has 5 rings (SSSR count). The van der Waals surface area contributed by atoms with Crippen LogP contribution >= 0.6 is 0 Å². The molecule has 2 heterocycles. The molecule has 0 aliphatic carbocycles. The van der Waals surface area contributed by atoms with Crippen LogP contribution in [0.25, 0.3) is 0 Å². The number of nitrogen functional groups attached to an aromatic ring is 1. The zero-order valence-electron chi connectivity index (χ0n) is 20.9. The van der Waals surface area contributed by atoms with Gasteiger partial charge in [-0.25, -0.2) is 0 Å². The maximum absolute atomic E-state index is 9.39. The second-order valence-corrected chi connectivity index (χ2v) is 9.16. The molecule has 0 spiro atoms. The molecule has 1 saturated heterocycles. The van der Waals surface area contributed by atoms with Crippen molar-refractivity contribution in [3.05, 3.63) is 125 Å². The molecule has 194 valence electrons. The number of anilines is 1. The number of nitriles is 1. The zero-order chi connectivity index (χ0) is 26.2. The molecule has 7 nitrogen and oxygen atoms in total. The molecule has 0 saturated carbocycles. The number of hydrogen-bond donors (Lipinski definition) is 1. The van der Waals surface area contributed by atoms with Gasteiger partial charge >= 0.3 is 0 Å². The van der Waals surface area contributed by atoms with Gasteiger partial charge in [0.2, 0.25) is 5.76 Å². The lowest BCUT2D eigenvalue weighted by atomic mass is 10.0. The Balaban J connectivity index is 1.40. The SMILES string of the molecule is N#Cc1occ(C2OC(COCc3ccccc3)C(OCc3ccccc3)C2OCc2ccccc2)c1N. The third kappa shape index (κ3) is 6.13. The highest BCUT2D eigenvalue weighted by molar-refractivity contribution is 5.56. The quantitative estimate of drug-likeness (QED) is 0.282. The van der Waals surface area contributed by atoms with E-state index in [-0.39, 0.29) is 11.4 Å². The molecule has 4 aromatic rings. The van der Waals surface area contributed by atoms with E-state index in [1.807, 2.05) is 97.1 Å². The number of ether oxygens (including phenoxy) is 4. The average molecular weight is 511 g/mol. The van der Waals surface area contributed by atoms with E-state index in [0.29, 0.717) is 32.0 Å². The van der Waals surface area contributed by atoms with Crippen LogP contribution in [0.5, 0.6) is 0 Å². The van der Waals surface area contributed by atoms with Gasteiger partial charge in [0.05, 0.1) is 32.1 Å². The molecule has 38 heavy (non-hydrogen) atoms. The van der Waals surface area contributed by atoms with Crippen molar-refractivity contribution in [2.24, 2.45) is 0 Å². The molecule has 7 heteroatoms.